The number of fused-ring (bicyclic) bond motifs is 4. The fourth-order valence-electron chi connectivity index (χ4n) is 9.22. The number of nitrogens with zero attached hydrogens (tertiary/aromatic N) is 6. The summed E-state index contributed by atoms with van der Waals surface area (Å²) in [5.74, 6) is 1.74. The highest BCUT2D eigenvalue weighted by molar-refractivity contribution is 6.24. The third kappa shape index (κ3) is 6.22. The number of rotatable bonds is 7. The Kier molecular flexibility index (Phi) is 8.77. The Hall–Kier alpha value is -8.92. The van der Waals surface area contributed by atoms with E-state index in [1.165, 1.54) is 33.0 Å². The van der Waals surface area contributed by atoms with Gasteiger partial charge in [-0.25, -0.2) is 15.0 Å². The van der Waals surface area contributed by atoms with E-state index in [0.29, 0.717) is 23.0 Å². The van der Waals surface area contributed by atoms with Crippen LogP contribution >= 0.6 is 0 Å². The topological polar surface area (TPSA) is 88.2 Å². The van der Waals surface area contributed by atoms with Gasteiger partial charge in [0.05, 0.1) is 23.0 Å². The van der Waals surface area contributed by atoms with Gasteiger partial charge in [-0.1, -0.05) is 152 Å². The normalized spacial score (nSPS) is 11.4. The summed E-state index contributed by atoms with van der Waals surface area (Å²) in [5.41, 5.74) is 16.5. The van der Waals surface area contributed by atoms with Gasteiger partial charge in [0.1, 0.15) is 0 Å². The summed E-state index contributed by atoms with van der Waals surface area (Å²) in [5, 5.41) is 14.2. The molecule has 6 nitrogen and oxygen atoms in total. The highest BCUT2D eigenvalue weighted by Gasteiger charge is 2.26. The standard InChI is InChI=1S/C58H34N6/c59-35-36-15-17-37(18-16-36)42-27-29-48-44-10-2-3-11-45(44)49-30-31-50(54(42)55(48)49)47-28-32-51(46-12-4-1-9-43(46)47)58-63-56(40-23-19-38(20-24-40)52-13-5-7-33-60-52)62-57(64-58)41-25-21-39(22-26-41)53-14-6-8-34-61-53/h1-34H. The molecular formula is C58H34N6. The molecule has 64 heavy (non-hydrogen) atoms. The molecule has 0 unspecified atom stereocenters. The van der Waals surface area contributed by atoms with Crippen molar-refractivity contribution >= 4 is 21.5 Å². The molecule has 0 amide bonds. The van der Waals surface area contributed by atoms with Crippen molar-refractivity contribution in [3.8, 4) is 107 Å². The molecule has 0 saturated carbocycles. The van der Waals surface area contributed by atoms with Crippen LogP contribution in [0.5, 0.6) is 0 Å². The van der Waals surface area contributed by atoms with Crippen LogP contribution in [0.3, 0.4) is 0 Å². The van der Waals surface area contributed by atoms with Crippen LogP contribution < -0.4 is 0 Å². The van der Waals surface area contributed by atoms with Crippen LogP contribution in [-0.2, 0) is 0 Å². The lowest BCUT2D eigenvalue weighted by Gasteiger charge is -2.17. The van der Waals surface area contributed by atoms with Crippen LogP contribution in [0.25, 0.3) is 123 Å². The average Bonchev–Trinajstić information content (AvgIpc) is 3.71. The second-order valence-electron chi connectivity index (χ2n) is 15.9. The Morgan fingerprint density at radius 2 is 0.703 bits per heavy atom. The van der Waals surface area contributed by atoms with Gasteiger partial charge in [-0.2, -0.15) is 5.26 Å². The zero-order valence-electron chi connectivity index (χ0n) is 34.3. The number of hydrogen-bond acceptors (Lipinski definition) is 6. The molecule has 11 aromatic rings. The number of benzene rings is 8. The molecule has 0 radical (unpaired) electrons. The van der Waals surface area contributed by atoms with Crippen LogP contribution in [0, 0.1) is 11.3 Å². The molecule has 0 bridgehead atoms. The smallest absolute Gasteiger partial charge is 0.164 e. The lowest BCUT2D eigenvalue weighted by Crippen LogP contribution is -2.01. The third-order valence-corrected chi connectivity index (χ3v) is 12.3. The van der Waals surface area contributed by atoms with Gasteiger partial charge in [-0.3, -0.25) is 9.97 Å². The van der Waals surface area contributed by atoms with E-state index in [1.54, 1.807) is 12.4 Å². The molecule has 6 heteroatoms. The van der Waals surface area contributed by atoms with Gasteiger partial charge in [-0.15, -0.1) is 0 Å². The van der Waals surface area contributed by atoms with E-state index in [1.807, 2.05) is 48.5 Å². The van der Waals surface area contributed by atoms with Crippen molar-refractivity contribution in [2.75, 3.05) is 0 Å². The SMILES string of the molecule is N#Cc1ccc(-c2ccc3c4c(ccc(-c5ccc(-c6nc(-c7ccc(-c8ccccn8)cc7)nc(-c7ccc(-c8ccccn8)cc7)n6)c6ccccc56)c24)-c2ccccc2-3)cc1. The minimum absolute atomic E-state index is 0.577. The van der Waals surface area contributed by atoms with Crippen LogP contribution in [0.2, 0.25) is 0 Å². The Bertz CT molecular complexity index is 3500. The van der Waals surface area contributed by atoms with E-state index >= 15 is 0 Å². The van der Waals surface area contributed by atoms with Crippen molar-refractivity contribution < 1.29 is 0 Å². The Balaban J connectivity index is 1.04. The van der Waals surface area contributed by atoms with Crippen molar-refractivity contribution in [1.29, 1.82) is 5.26 Å². The summed E-state index contributed by atoms with van der Waals surface area (Å²) in [6.45, 7) is 0. The van der Waals surface area contributed by atoms with Gasteiger partial charge in [-0.05, 0) is 109 Å². The molecule has 3 heterocycles. The molecule has 0 N–H and O–H groups in total. The van der Waals surface area contributed by atoms with Crippen molar-refractivity contribution in [2.45, 2.75) is 0 Å². The van der Waals surface area contributed by atoms with Gasteiger partial charge in [0.15, 0.2) is 17.5 Å². The fraction of sp³-hybridized carbons (Fsp3) is 0. The Labute approximate surface area is 369 Å². The van der Waals surface area contributed by atoms with Crippen molar-refractivity contribution in [2.24, 2.45) is 0 Å². The van der Waals surface area contributed by atoms with Gasteiger partial charge in [0.25, 0.3) is 0 Å². The van der Waals surface area contributed by atoms with Crippen LogP contribution in [0.4, 0.5) is 0 Å². The van der Waals surface area contributed by atoms with Gasteiger partial charge in [0.2, 0.25) is 0 Å². The molecule has 1 aliphatic rings. The predicted octanol–water partition coefficient (Wildman–Crippen LogP) is 14.2. The minimum atomic E-state index is 0.577. The highest BCUT2D eigenvalue weighted by atomic mass is 15.0. The summed E-state index contributed by atoms with van der Waals surface area (Å²) in [6, 6.07) is 69.2. The molecule has 0 spiro atoms. The summed E-state index contributed by atoms with van der Waals surface area (Å²) < 4.78 is 0. The van der Waals surface area contributed by atoms with Gasteiger partial charge >= 0.3 is 0 Å². The maximum absolute atomic E-state index is 9.63. The third-order valence-electron chi connectivity index (χ3n) is 12.3. The maximum atomic E-state index is 9.63. The average molecular weight is 815 g/mol. The monoisotopic (exact) mass is 814 g/mol. The molecule has 296 valence electrons. The first-order chi connectivity index (χ1) is 31.7. The molecule has 0 fully saturated rings. The van der Waals surface area contributed by atoms with Crippen LogP contribution in [-0.4, -0.2) is 24.9 Å². The lowest BCUT2D eigenvalue weighted by atomic mass is 9.86. The first kappa shape index (κ1) is 36.9. The first-order valence-corrected chi connectivity index (χ1v) is 21.2. The fourth-order valence-corrected chi connectivity index (χ4v) is 9.22. The maximum Gasteiger partial charge on any atom is 0.164 e. The molecule has 3 aromatic heterocycles. The predicted molar refractivity (Wildman–Crippen MR) is 258 cm³/mol. The molecule has 1 aliphatic carbocycles. The lowest BCUT2D eigenvalue weighted by molar-refractivity contribution is 1.08. The van der Waals surface area contributed by atoms with Crippen molar-refractivity contribution in [1.82, 2.24) is 24.9 Å². The summed E-state index contributed by atoms with van der Waals surface area (Å²) in [7, 11) is 0. The zero-order valence-corrected chi connectivity index (χ0v) is 34.3. The van der Waals surface area contributed by atoms with E-state index in [9.17, 15) is 5.26 Å². The highest BCUT2D eigenvalue weighted by Crippen LogP contribution is 2.52. The molecule has 12 rings (SSSR count). The van der Waals surface area contributed by atoms with E-state index < -0.39 is 0 Å². The van der Waals surface area contributed by atoms with E-state index in [2.05, 4.69) is 162 Å². The van der Waals surface area contributed by atoms with Crippen LogP contribution in [0.1, 0.15) is 5.56 Å². The number of aromatic nitrogens is 5. The number of nitriles is 1. The Morgan fingerprint density at radius 3 is 1.23 bits per heavy atom. The van der Waals surface area contributed by atoms with E-state index in [0.717, 1.165) is 72.2 Å². The number of hydrogen-bond donors (Lipinski definition) is 0. The summed E-state index contributed by atoms with van der Waals surface area (Å²) in [6.07, 6.45) is 3.61. The van der Waals surface area contributed by atoms with Crippen LogP contribution in [0.15, 0.2) is 207 Å². The second kappa shape index (κ2) is 15.2. The summed E-state index contributed by atoms with van der Waals surface area (Å²) >= 11 is 0. The van der Waals surface area contributed by atoms with E-state index in [4.69, 9.17) is 15.0 Å². The summed E-state index contributed by atoms with van der Waals surface area (Å²) in [4.78, 5) is 24.7. The van der Waals surface area contributed by atoms with E-state index in [-0.39, 0.29) is 0 Å². The Morgan fingerprint density at radius 1 is 0.297 bits per heavy atom. The zero-order chi connectivity index (χ0) is 42.6. The quantitative estimate of drug-likeness (QED) is 0.159. The van der Waals surface area contributed by atoms with Crippen molar-refractivity contribution in [3.05, 3.63) is 212 Å². The number of pyridine rings is 2. The molecule has 0 atom stereocenters. The molecule has 0 aliphatic heterocycles. The van der Waals surface area contributed by atoms with Crippen molar-refractivity contribution in [3.63, 3.8) is 0 Å². The first-order valence-electron chi connectivity index (χ1n) is 21.2. The van der Waals surface area contributed by atoms with Gasteiger partial charge in [0, 0.05) is 40.2 Å². The second-order valence-corrected chi connectivity index (χ2v) is 15.9. The molecule has 8 aromatic carbocycles. The minimum Gasteiger partial charge on any atom is -0.256 e. The van der Waals surface area contributed by atoms with Gasteiger partial charge < -0.3 is 0 Å². The largest absolute Gasteiger partial charge is 0.256 e. The molecular weight excluding hydrogens is 781 g/mol. The molecule has 0 saturated heterocycles.